The van der Waals surface area contributed by atoms with Crippen molar-refractivity contribution in [3.05, 3.63) is 209 Å². The van der Waals surface area contributed by atoms with Gasteiger partial charge in [-0.3, -0.25) is 0 Å². The highest BCUT2D eigenvalue weighted by Crippen LogP contribution is 2.41. The maximum absolute atomic E-state index is 14.2. The number of hydrogen-bond acceptors (Lipinski definition) is 2. The van der Waals surface area contributed by atoms with Crippen LogP contribution < -0.4 is 52.5 Å². The minimum Gasteiger partial charge on any atom is -0.490 e. The van der Waals surface area contributed by atoms with Crippen LogP contribution in [0.2, 0.25) is 0 Å². The third-order valence-electron chi connectivity index (χ3n) is 11.6. The van der Waals surface area contributed by atoms with Gasteiger partial charge in [0.05, 0.1) is 44.5 Å². The molecule has 0 unspecified atom stereocenters. The van der Waals surface area contributed by atoms with Gasteiger partial charge in [0.25, 0.3) is 0 Å². The quantitative estimate of drug-likeness (QED) is 0.0556. The molecule has 7 aromatic carbocycles. The Bertz CT molecular complexity index is 2810. The van der Waals surface area contributed by atoms with E-state index in [-0.39, 0.29) is 21.2 Å². The highest BCUT2D eigenvalue weighted by Gasteiger charge is 2.47. The molecular weight excluding hydrogens is 1250 g/mol. The van der Waals surface area contributed by atoms with Crippen LogP contribution in [0.5, 0.6) is 11.5 Å². The zero-order chi connectivity index (χ0) is 59.7. The minimum atomic E-state index is -6.13. The summed E-state index contributed by atoms with van der Waals surface area (Å²) in [7, 11) is 0. The molecule has 0 radical (unpaired) electrons. The standard InChI is InChI=1S/C32H12BF24.C20H18IO2/c34-25(35,36)13-1-14(26(37,38)39)6-21(5-13)33(22-7-15(27(40,41)42)2-16(8-22)28(43,44)45,23-9-17(29(46,47)48)3-18(10-23)30(49,50)51)24-11-19(31(52,53)54)4-20(12-24)32(55,56)57;1-3-9-17(10-4-1)21-19-13-7-8-14-20(19)23-16-15-22-18-11-5-2-6-12-18/h1-12H;1-14H,15-16H2/q-1;+1. The van der Waals surface area contributed by atoms with Gasteiger partial charge in [-0.1, -0.05) is 97.1 Å². The molecule has 0 atom stereocenters. The first-order valence-electron chi connectivity index (χ1n) is 22.1. The molecule has 2 nitrogen and oxygen atoms in total. The number of alkyl halides is 24. The second kappa shape index (κ2) is 23.0. The molecule has 0 saturated heterocycles. The van der Waals surface area contributed by atoms with E-state index in [1.165, 1.54) is 7.14 Å². The molecule has 0 amide bonds. The maximum Gasteiger partial charge on any atom is 0.416 e. The first kappa shape index (κ1) is 62.5. The largest absolute Gasteiger partial charge is 0.490 e. The molecule has 0 aliphatic carbocycles. The van der Waals surface area contributed by atoms with Crippen LogP contribution in [0.25, 0.3) is 0 Å². The van der Waals surface area contributed by atoms with E-state index in [1.54, 1.807) is 0 Å². The van der Waals surface area contributed by atoms with Crippen LogP contribution >= 0.6 is 0 Å². The van der Waals surface area contributed by atoms with Crippen molar-refractivity contribution >= 4 is 28.0 Å². The van der Waals surface area contributed by atoms with Gasteiger partial charge in [-0.25, -0.2) is 0 Å². The Morgan fingerprint density at radius 2 is 0.537 bits per heavy atom. The lowest BCUT2D eigenvalue weighted by Crippen LogP contribution is -3.61. The van der Waals surface area contributed by atoms with Gasteiger partial charge in [0.15, 0.2) is 9.32 Å². The van der Waals surface area contributed by atoms with Crippen LogP contribution in [-0.4, -0.2) is 19.4 Å². The minimum absolute atomic E-state index is 0.226. The predicted octanol–water partition coefficient (Wildman–Crippen LogP) is 12.5. The molecule has 0 fully saturated rings. The van der Waals surface area contributed by atoms with Crippen molar-refractivity contribution in [1.82, 2.24) is 0 Å². The molecule has 0 spiro atoms. The second-order valence-electron chi connectivity index (χ2n) is 17.1. The molecule has 0 bridgehead atoms. The van der Waals surface area contributed by atoms with Gasteiger partial charge in [0.1, 0.15) is 25.1 Å². The summed E-state index contributed by atoms with van der Waals surface area (Å²) in [5.74, 6) is 1.85. The van der Waals surface area contributed by atoms with Gasteiger partial charge < -0.3 is 9.47 Å². The van der Waals surface area contributed by atoms with Gasteiger partial charge in [-0.2, -0.15) is 127 Å². The lowest BCUT2D eigenvalue weighted by Gasteiger charge is -2.46. The van der Waals surface area contributed by atoms with Crippen LogP contribution in [0.15, 0.2) is 158 Å². The van der Waals surface area contributed by atoms with Crippen LogP contribution in [0.1, 0.15) is 44.5 Å². The fraction of sp³-hybridized carbons (Fsp3) is 0.192. The summed E-state index contributed by atoms with van der Waals surface area (Å²) in [6, 6.07) is 19.9. The molecule has 7 rings (SSSR count). The molecule has 428 valence electrons. The first-order chi connectivity index (χ1) is 36.7. The van der Waals surface area contributed by atoms with Crippen molar-refractivity contribution in [2.45, 2.75) is 49.4 Å². The third kappa shape index (κ3) is 15.4. The van der Waals surface area contributed by atoms with E-state index in [2.05, 4.69) is 42.5 Å². The van der Waals surface area contributed by atoms with Gasteiger partial charge in [-0.05, 0) is 60.7 Å². The molecule has 28 heteroatoms. The molecule has 80 heavy (non-hydrogen) atoms. The Hall–Kier alpha value is -6.75. The highest BCUT2D eigenvalue weighted by molar-refractivity contribution is 7.20. The summed E-state index contributed by atoms with van der Waals surface area (Å²) in [6.07, 6.45) is -54.8. The highest BCUT2D eigenvalue weighted by atomic mass is 127. The zero-order valence-corrected chi connectivity index (χ0v) is 41.4. The van der Waals surface area contributed by atoms with Crippen LogP contribution in [0.3, 0.4) is 0 Å². The number of halogens is 25. The first-order valence-corrected chi connectivity index (χ1v) is 24.3. The van der Waals surface area contributed by atoms with E-state index < -0.39 is 195 Å². The smallest absolute Gasteiger partial charge is 0.416 e. The average molecular weight is 1280 g/mol. The number of para-hydroxylation sites is 2. The lowest BCUT2D eigenvalue weighted by atomic mass is 9.12. The average Bonchev–Trinajstić information content (AvgIpc) is 3.36. The molecule has 0 heterocycles. The van der Waals surface area contributed by atoms with E-state index in [0.717, 1.165) is 11.5 Å². The van der Waals surface area contributed by atoms with Gasteiger partial charge in [0.2, 0.25) is 3.57 Å². The third-order valence-corrected chi connectivity index (χ3v) is 14.4. The summed E-state index contributed by atoms with van der Waals surface area (Å²) in [4.78, 5) is 0. The number of rotatable bonds is 11. The summed E-state index contributed by atoms with van der Waals surface area (Å²) in [6.45, 7) is 1.09. The summed E-state index contributed by atoms with van der Waals surface area (Å²) >= 11 is -0.226. The molecule has 7 aromatic rings. The maximum atomic E-state index is 14.2. The number of ether oxygens (including phenoxy) is 2. The van der Waals surface area contributed by atoms with E-state index in [0.29, 0.717) is 13.2 Å². The van der Waals surface area contributed by atoms with E-state index in [4.69, 9.17) is 9.47 Å². The molecule has 0 saturated carbocycles. The topological polar surface area (TPSA) is 18.5 Å². The van der Waals surface area contributed by atoms with Crippen molar-refractivity contribution in [2.75, 3.05) is 13.2 Å². The SMILES string of the molecule is FC(F)(F)c1cc([B-](c2cc(C(F)(F)F)cc(C(F)(F)F)c2)(c2cc(C(F)(F)F)cc(C(F)(F)F)c2)c2cc(C(F)(F)F)cc(C(F)(F)F)c2)cc(C(F)(F)F)c1.c1ccc(OCCOc2ccccc2[I+]c2ccccc2)cc1. The van der Waals surface area contributed by atoms with Gasteiger partial charge in [-0.15, -0.1) is 0 Å². The molecule has 0 aliphatic heterocycles. The van der Waals surface area contributed by atoms with E-state index in [1.807, 2.05) is 42.5 Å². The van der Waals surface area contributed by atoms with E-state index >= 15 is 0 Å². The zero-order valence-electron chi connectivity index (χ0n) is 39.3. The van der Waals surface area contributed by atoms with Gasteiger partial charge in [0, 0.05) is 0 Å². The summed E-state index contributed by atoms with van der Waals surface area (Å²) in [5.41, 5.74) is -30.2. The fourth-order valence-electron chi connectivity index (χ4n) is 8.13. The van der Waals surface area contributed by atoms with Gasteiger partial charge >= 0.3 is 70.6 Å². The van der Waals surface area contributed by atoms with Crippen molar-refractivity contribution in [3.63, 3.8) is 0 Å². The second-order valence-corrected chi connectivity index (χ2v) is 20.0. The molecule has 0 N–H and O–H groups in total. The summed E-state index contributed by atoms with van der Waals surface area (Å²) in [5, 5.41) is 0. The number of hydrogen-bond donors (Lipinski definition) is 0. The normalized spacial score (nSPS) is 13.2. The Morgan fingerprint density at radius 1 is 0.287 bits per heavy atom. The van der Waals surface area contributed by atoms with E-state index in [9.17, 15) is 105 Å². The Kier molecular flexibility index (Phi) is 18.0. The summed E-state index contributed by atoms with van der Waals surface area (Å²) < 4.78 is 355. The fourth-order valence-corrected chi connectivity index (χ4v) is 10.6. The Morgan fingerprint density at radius 3 is 0.825 bits per heavy atom. The molecule has 0 aliphatic rings. The Balaban J connectivity index is 0.000000370. The monoisotopic (exact) mass is 1280 g/mol. The van der Waals surface area contributed by atoms with Crippen molar-refractivity contribution in [3.8, 4) is 11.5 Å². The van der Waals surface area contributed by atoms with Crippen molar-refractivity contribution in [2.24, 2.45) is 0 Å². The molecular formula is C52H30BF24IO2. The van der Waals surface area contributed by atoms with Crippen LogP contribution in [0, 0.1) is 7.14 Å². The van der Waals surface area contributed by atoms with Crippen LogP contribution in [0.4, 0.5) is 105 Å². The van der Waals surface area contributed by atoms with Crippen molar-refractivity contribution in [1.29, 1.82) is 0 Å². The van der Waals surface area contributed by atoms with Crippen molar-refractivity contribution < 1.29 is 136 Å². The van der Waals surface area contributed by atoms with Crippen LogP contribution in [-0.2, 0) is 49.4 Å². The predicted molar refractivity (Wildman–Crippen MR) is 238 cm³/mol. The molecule has 0 aromatic heterocycles. The number of benzene rings is 7. The lowest BCUT2D eigenvalue weighted by molar-refractivity contribution is -0.598. The Labute approximate surface area is 446 Å².